The standard InChI is InChI=1S/C15H14ClFN2O/c1-9-8-11(6-7-12(9)16)18-15(20)19-14-5-3-4-13(17)10(14)2/h3-8H,1-2H3,(H2,18,19,20). The van der Waals surface area contributed by atoms with Gasteiger partial charge in [-0.3, -0.25) is 0 Å². The van der Waals surface area contributed by atoms with Crippen molar-refractivity contribution in [2.45, 2.75) is 13.8 Å². The summed E-state index contributed by atoms with van der Waals surface area (Å²) in [5, 5.41) is 5.92. The van der Waals surface area contributed by atoms with Crippen LogP contribution in [-0.4, -0.2) is 6.03 Å². The number of hydrogen-bond donors (Lipinski definition) is 2. The number of hydrogen-bond acceptors (Lipinski definition) is 1. The van der Waals surface area contributed by atoms with E-state index in [1.165, 1.54) is 6.07 Å². The van der Waals surface area contributed by atoms with Crippen LogP contribution >= 0.6 is 11.6 Å². The fourth-order valence-corrected chi connectivity index (χ4v) is 1.87. The van der Waals surface area contributed by atoms with Gasteiger partial charge in [-0.1, -0.05) is 17.7 Å². The molecule has 0 heterocycles. The minimum Gasteiger partial charge on any atom is -0.308 e. The Morgan fingerprint density at radius 1 is 1.15 bits per heavy atom. The number of nitrogens with one attached hydrogen (secondary N) is 2. The number of anilines is 2. The predicted molar refractivity (Wildman–Crippen MR) is 80.0 cm³/mol. The molecule has 0 radical (unpaired) electrons. The molecule has 0 aliphatic rings. The van der Waals surface area contributed by atoms with Gasteiger partial charge in [-0.05, 0) is 49.7 Å². The minimum absolute atomic E-state index is 0.356. The van der Waals surface area contributed by atoms with Crippen LogP contribution in [-0.2, 0) is 0 Å². The number of aryl methyl sites for hydroxylation is 1. The average Bonchev–Trinajstić information content (AvgIpc) is 2.39. The Bertz CT molecular complexity index is 658. The number of amides is 2. The number of carbonyl (C=O) groups excluding carboxylic acids is 1. The Morgan fingerprint density at radius 2 is 1.90 bits per heavy atom. The van der Waals surface area contributed by atoms with Crippen LogP contribution in [0.25, 0.3) is 0 Å². The van der Waals surface area contributed by atoms with E-state index in [0.717, 1.165) is 5.56 Å². The Balaban J connectivity index is 2.09. The van der Waals surface area contributed by atoms with Crippen molar-refractivity contribution in [2.75, 3.05) is 10.6 Å². The van der Waals surface area contributed by atoms with E-state index in [2.05, 4.69) is 10.6 Å². The molecule has 0 aliphatic carbocycles. The lowest BCUT2D eigenvalue weighted by Gasteiger charge is -2.11. The number of urea groups is 1. The van der Waals surface area contributed by atoms with Crippen LogP contribution < -0.4 is 10.6 Å². The predicted octanol–water partition coefficient (Wildman–Crippen LogP) is 4.74. The van der Waals surface area contributed by atoms with Gasteiger partial charge in [0.1, 0.15) is 5.82 Å². The Labute approximate surface area is 121 Å². The highest BCUT2D eigenvalue weighted by Gasteiger charge is 2.08. The van der Waals surface area contributed by atoms with Crippen molar-refractivity contribution in [3.8, 4) is 0 Å². The van der Waals surface area contributed by atoms with Crippen molar-refractivity contribution >= 4 is 29.0 Å². The Kier molecular flexibility index (Phi) is 4.25. The molecule has 0 aliphatic heterocycles. The minimum atomic E-state index is -0.430. The van der Waals surface area contributed by atoms with Crippen LogP contribution in [0.5, 0.6) is 0 Å². The summed E-state index contributed by atoms with van der Waals surface area (Å²) in [6, 6.07) is 9.28. The number of carbonyl (C=O) groups is 1. The summed E-state index contributed by atoms with van der Waals surface area (Å²) >= 11 is 5.92. The van der Waals surface area contributed by atoms with E-state index >= 15 is 0 Å². The van der Waals surface area contributed by atoms with E-state index < -0.39 is 6.03 Å². The van der Waals surface area contributed by atoms with Crippen molar-refractivity contribution in [1.82, 2.24) is 0 Å². The zero-order valence-corrected chi connectivity index (χ0v) is 11.9. The van der Waals surface area contributed by atoms with Gasteiger partial charge in [0.05, 0.1) is 0 Å². The SMILES string of the molecule is Cc1cc(NC(=O)Nc2cccc(F)c2C)ccc1Cl. The molecule has 2 amide bonds. The summed E-state index contributed by atoms with van der Waals surface area (Å²) in [4.78, 5) is 11.9. The number of rotatable bonds is 2. The quantitative estimate of drug-likeness (QED) is 0.824. The Hall–Kier alpha value is -2.07. The second-order valence-corrected chi connectivity index (χ2v) is 4.86. The first-order valence-electron chi connectivity index (χ1n) is 6.06. The molecular weight excluding hydrogens is 279 g/mol. The van der Waals surface area contributed by atoms with Crippen LogP contribution in [0.15, 0.2) is 36.4 Å². The smallest absolute Gasteiger partial charge is 0.308 e. The highest BCUT2D eigenvalue weighted by atomic mass is 35.5. The van der Waals surface area contributed by atoms with Crippen molar-refractivity contribution in [3.05, 3.63) is 58.4 Å². The molecule has 2 rings (SSSR count). The molecule has 0 saturated heterocycles. The normalized spacial score (nSPS) is 10.2. The Morgan fingerprint density at radius 3 is 2.60 bits per heavy atom. The second-order valence-electron chi connectivity index (χ2n) is 4.46. The second kappa shape index (κ2) is 5.92. The summed E-state index contributed by atoms with van der Waals surface area (Å²) in [6.07, 6.45) is 0. The molecule has 0 atom stereocenters. The van der Waals surface area contributed by atoms with Crippen molar-refractivity contribution in [2.24, 2.45) is 0 Å². The molecule has 2 aromatic rings. The van der Waals surface area contributed by atoms with Gasteiger partial charge in [-0.25, -0.2) is 9.18 Å². The van der Waals surface area contributed by atoms with Gasteiger partial charge in [0.15, 0.2) is 0 Å². The molecule has 0 saturated carbocycles. The van der Waals surface area contributed by atoms with Gasteiger partial charge in [0.2, 0.25) is 0 Å². The maximum atomic E-state index is 13.4. The third kappa shape index (κ3) is 3.27. The van der Waals surface area contributed by atoms with Gasteiger partial charge in [0, 0.05) is 22.0 Å². The molecule has 104 valence electrons. The number of benzene rings is 2. The van der Waals surface area contributed by atoms with Crippen molar-refractivity contribution in [3.63, 3.8) is 0 Å². The first-order valence-corrected chi connectivity index (χ1v) is 6.44. The molecule has 5 heteroatoms. The van der Waals surface area contributed by atoms with E-state index in [1.54, 1.807) is 37.3 Å². The van der Waals surface area contributed by atoms with Crippen LogP contribution in [0, 0.1) is 19.7 Å². The zero-order chi connectivity index (χ0) is 14.7. The topological polar surface area (TPSA) is 41.1 Å². The van der Waals surface area contributed by atoms with E-state index in [1.807, 2.05) is 6.92 Å². The maximum absolute atomic E-state index is 13.4. The van der Waals surface area contributed by atoms with E-state index in [-0.39, 0.29) is 5.82 Å². The summed E-state index contributed by atoms with van der Waals surface area (Å²) < 4.78 is 13.4. The fourth-order valence-electron chi connectivity index (χ4n) is 1.75. The summed E-state index contributed by atoms with van der Waals surface area (Å²) in [6.45, 7) is 3.46. The average molecular weight is 293 g/mol. The molecule has 0 fully saturated rings. The van der Waals surface area contributed by atoms with Gasteiger partial charge < -0.3 is 10.6 Å². The summed E-state index contributed by atoms with van der Waals surface area (Å²) in [5.74, 6) is -0.356. The largest absolute Gasteiger partial charge is 0.323 e. The van der Waals surface area contributed by atoms with E-state index in [0.29, 0.717) is 22.0 Å². The molecule has 0 unspecified atom stereocenters. The van der Waals surface area contributed by atoms with E-state index in [4.69, 9.17) is 11.6 Å². The molecule has 2 N–H and O–H groups in total. The van der Waals surface area contributed by atoms with Crippen LogP contribution in [0.2, 0.25) is 5.02 Å². The third-order valence-corrected chi connectivity index (χ3v) is 3.36. The summed E-state index contributed by atoms with van der Waals surface area (Å²) in [7, 11) is 0. The lowest BCUT2D eigenvalue weighted by atomic mass is 10.2. The fraction of sp³-hybridized carbons (Fsp3) is 0.133. The molecule has 20 heavy (non-hydrogen) atoms. The zero-order valence-electron chi connectivity index (χ0n) is 11.1. The van der Waals surface area contributed by atoms with E-state index in [9.17, 15) is 9.18 Å². The highest BCUT2D eigenvalue weighted by molar-refractivity contribution is 6.31. The molecule has 0 aromatic heterocycles. The van der Waals surface area contributed by atoms with Gasteiger partial charge >= 0.3 is 6.03 Å². The van der Waals surface area contributed by atoms with Gasteiger partial charge in [-0.2, -0.15) is 0 Å². The molecular formula is C15H14ClFN2O. The number of halogens is 2. The molecule has 0 bridgehead atoms. The van der Waals surface area contributed by atoms with Crippen molar-refractivity contribution in [1.29, 1.82) is 0 Å². The third-order valence-electron chi connectivity index (χ3n) is 2.93. The van der Waals surface area contributed by atoms with Gasteiger partial charge in [-0.15, -0.1) is 0 Å². The highest BCUT2D eigenvalue weighted by Crippen LogP contribution is 2.20. The van der Waals surface area contributed by atoms with Gasteiger partial charge in [0.25, 0.3) is 0 Å². The monoisotopic (exact) mass is 292 g/mol. The molecule has 0 spiro atoms. The lowest BCUT2D eigenvalue weighted by molar-refractivity contribution is 0.262. The maximum Gasteiger partial charge on any atom is 0.323 e. The first-order chi connectivity index (χ1) is 9.47. The van der Waals surface area contributed by atoms with Crippen LogP contribution in [0.1, 0.15) is 11.1 Å². The van der Waals surface area contributed by atoms with Crippen LogP contribution in [0.4, 0.5) is 20.6 Å². The van der Waals surface area contributed by atoms with Crippen molar-refractivity contribution < 1.29 is 9.18 Å². The first kappa shape index (κ1) is 14.3. The summed E-state index contributed by atoms with van der Waals surface area (Å²) in [5.41, 5.74) is 2.33. The van der Waals surface area contributed by atoms with Crippen LogP contribution in [0.3, 0.4) is 0 Å². The molecule has 2 aromatic carbocycles. The molecule has 3 nitrogen and oxygen atoms in total. The lowest BCUT2D eigenvalue weighted by Crippen LogP contribution is -2.20.